The molecule has 0 spiro atoms. The molecule has 2 aromatic carbocycles. The maximum Gasteiger partial charge on any atom is 0.434 e. The molecule has 3 rings (SSSR count). The average Bonchev–Trinajstić information content (AvgIpc) is 3.34. The van der Waals surface area contributed by atoms with E-state index in [0.29, 0.717) is 23.1 Å². The van der Waals surface area contributed by atoms with Crippen molar-refractivity contribution in [2.45, 2.75) is 38.9 Å². The number of carbonyl (C=O) groups is 2. The van der Waals surface area contributed by atoms with Gasteiger partial charge in [0, 0.05) is 6.08 Å². The average molecular weight is 516 g/mol. The van der Waals surface area contributed by atoms with Crippen molar-refractivity contribution in [2.24, 2.45) is 17.3 Å². The van der Waals surface area contributed by atoms with Crippen LogP contribution in [0.4, 0.5) is 26.3 Å². The molecule has 11 heteroatoms. The van der Waals surface area contributed by atoms with Gasteiger partial charge in [-0.15, -0.1) is 0 Å². The lowest BCUT2D eigenvalue weighted by Gasteiger charge is -2.22. The van der Waals surface area contributed by atoms with Crippen molar-refractivity contribution < 1.29 is 50.1 Å². The smallest absolute Gasteiger partial charge is 0.434 e. The standard InChI is InChI=1S/C25H22F6O5/c1-23(2)18(11-12-19(32)36-22(24(26,27)28)25(29,30)31)20(23)21(33)34-14-15-7-6-10-17(13-15)35-16-8-4-3-5-9-16/h3-13,18,20,22H,14H2,1-2H3/b12-11+. The number of ether oxygens (including phenoxy) is 3. The minimum atomic E-state index is -5.81. The predicted molar refractivity (Wildman–Crippen MR) is 115 cm³/mol. The van der Waals surface area contributed by atoms with Gasteiger partial charge in [-0.05, 0) is 41.2 Å². The fourth-order valence-corrected chi connectivity index (χ4v) is 3.71. The number of halogens is 6. The van der Waals surface area contributed by atoms with Crippen molar-refractivity contribution in [3.63, 3.8) is 0 Å². The summed E-state index contributed by atoms with van der Waals surface area (Å²) in [5, 5.41) is 0. The number of allylic oxidation sites excluding steroid dienone is 1. The van der Waals surface area contributed by atoms with E-state index in [0.717, 1.165) is 6.08 Å². The zero-order valence-corrected chi connectivity index (χ0v) is 19.1. The first-order valence-corrected chi connectivity index (χ1v) is 10.7. The first-order valence-electron chi connectivity index (χ1n) is 10.7. The van der Waals surface area contributed by atoms with Gasteiger partial charge in [0.2, 0.25) is 0 Å². The number of carbonyl (C=O) groups excluding carboxylic acids is 2. The van der Waals surface area contributed by atoms with Gasteiger partial charge in [-0.3, -0.25) is 4.79 Å². The molecule has 194 valence electrons. The van der Waals surface area contributed by atoms with Crippen molar-refractivity contribution in [3.05, 3.63) is 72.3 Å². The Morgan fingerprint density at radius 1 is 0.944 bits per heavy atom. The molecule has 1 fully saturated rings. The summed E-state index contributed by atoms with van der Waals surface area (Å²) in [6.45, 7) is 3.22. The second kappa shape index (κ2) is 10.2. The molecule has 0 aromatic heterocycles. The lowest BCUT2D eigenvalue weighted by molar-refractivity contribution is -0.312. The van der Waals surface area contributed by atoms with Crippen LogP contribution in [-0.4, -0.2) is 30.4 Å². The molecule has 0 N–H and O–H groups in total. The highest BCUT2D eigenvalue weighted by Crippen LogP contribution is 2.59. The highest BCUT2D eigenvalue weighted by Gasteiger charge is 2.62. The number of alkyl halides is 6. The molecule has 5 nitrogen and oxygen atoms in total. The van der Waals surface area contributed by atoms with Gasteiger partial charge in [-0.25, -0.2) is 4.79 Å². The van der Waals surface area contributed by atoms with Gasteiger partial charge in [-0.1, -0.05) is 50.3 Å². The largest absolute Gasteiger partial charge is 0.461 e. The summed E-state index contributed by atoms with van der Waals surface area (Å²) < 4.78 is 89.9. The SMILES string of the molecule is CC1(C)C(/C=C/C(=O)OC(C(F)(F)F)C(F)(F)F)C1C(=O)OCc1cccc(Oc2ccccc2)c1. The Bertz CT molecular complexity index is 1090. The van der Waals surface area contributed by atoms with Crippen molar-refractivity contribution in [2.75, 3.05) is 0 Å². The maximum absolute atomic E-state index is 12.6. The van der Waals surface area contributed by atoms with E-state index in [9.17, 15) is 35.9 Å². The minimum absolute atomic E-state index is 0.0886. The summed E-state index contributed by atoms with van der Waals surface area (Å²) in [5.41, 5.74) is -0.0872. The van der Waals surface area contributed by atoms with Gasteiger partial charge in [0.1, 0.15) is 18.1 Å². The van der Waals surface area contributed by atoms with Gasteiger partial charge < -0.3 is 14.2 Å². The van der Waals surface area contributed by atoms with Crippen LogP contribution in [-0.2, 0) is 25.7 Å². The fourth-order valence-electron chi connectivity index (χ4n) is 3.71. The van der Waals surface area contributed by atoms with E-state index in [1.165, 1.54) is 0 Å². The van der Waals surface area contributed by atoms with E-state index in [1.54, 1.807) is 50.2 Å². The van der Waals surface area contributed by atoms with Gasteiger partial charge >= 0.3 is 24.3 Å². The van der Waals surface area contributed by atoms with Crippen LogP contribution in [0.25, 0.3) is 0 Å². The van der Waals surface area contributed by atoms with Crippen LogP contribution < -0.4 is 4.74 Å². The Labute approximate surface area is 202 Å². The summed E-state index contributed by atoms with van der Waals surface area (Å²) in [5.74, 6) is -2.68. The summed E-state index contributed by atoms with van der Waals surface area (Å²) in [6.07, 6.45) is -14.3. The highest BCUT2D eigenvalue weighted by atomic mass is 19.4. The molecule has 1 aliphatic rings. The van der Waals surface area contributed by atoms with Crippen LogP contribution in [0.15, 0.2) is 66.7 Å². The molecule has 1 saturated carbocycles. The van der Waals surface area contributed by atoms with Crippen LogP contribution in [0.3, 0.4) is 0 Å². The van der Waals surface area contributed by atoms with Gasteiger partial charge in [0.15, 0.2) is 0 Å². The maximum atomic E-state index is 12.6. The van der Waals surface area contributed by atoms with Crippen LogP contribution in [0, 0.1) is 17.3 Å². The van der Waals surface area contributed by atoms with Gasteiger partial charge in [-0.2, -0.15) is 26.3 Å². The third kappa shape index (κ3) is 6.79. The molecular weight excluding hydrogens is 494 g/mol. The van der Waals surface area contributed by atoms with E-state index >= 15 is 0 Å². The van der Waals surface area contributed by atoms with E-state index in [1.807, 2.05) is 18.2 Å². The van der Waals surface area contributed by atoms with Crippen molar-refractivity contribution >= 4 is 11.9 Å². The van der Waals surface area contributed by atoms with Crippen LogP contribution in [0.2, 0.25) is 0 Å². The molecular formula is C25H22F6O5. The van der Waals surface area contributed by atoms with E-state index in [2.05, 4.69) is 4.74 Å². The van der Waals surface area contributed by atoms with E-state index < -0.39 is 47.6 Å². The van der Waals surface area contributed by atoms with Crippen molar-refractivity contribution in [1.29, 1.82) is 0 Å². The summed E-state index contributed by atoms with van der Waals surface area (Å²) in [4.78, 5) is 24.2. The molecule has 0 aliphatic heterocycles. The van der Waals surface area contributed by atoms with Crippen molar-refractivity contribution in [3.8, 4) is 11.5 Å². The Morgan fingerprint density at radius 2 is 1.56 bits per heavy atom. The third-order valence-electron chi connectivity index (χ3n) is 5.69. The highest BCUT2D eigenvalue weighted by molar-refractivity contribution is 5.83. The second-order valence-electron chi connectivity index (χ2n) is 8.75. The molecule has 1 aliphatic carbocycles. The Kier molecular flexibility index (Phi) is 7.70. The quantitative estimate of drug-likeness (QED) is 0.231. The zero-order chi connectivity index (χ0) is 26.7. The zero-order valence-electron chi connectivity index (χ0n) is 19.1. The number of para-hydroxylation sites is 1. The molecule has 0 amide bonds. The van der Waals surface area contributed by atoms with E-state index in [4.69, 9.17) is 9.47 Å². The lowest BCUT2D eigenvalue weighted by Crippen LogP contribution is -2.45. The Hall–Kier alpha value is -3.50. The van der Waals surface area contributed by atoms with E-state index in [-0.39, 0.29) is 6.61 Å². The van der Waals surface area contributed by atoms with Crippen LogP contribution in [0.5, 0.6) is 11.5 Å². The first-order chi connectivity index (χ1) is 16.7. The number of hydrogen-bond donors (Lipinski definition) is 0. The Balaban J connectivity index is 1.56. The van der Waals surface area contributed by atoms with Gasteiger partial charge in [0.05, 0.1) is 5.92 Å². The minimum Gasteiger partial charge on any atom is -0.461 e. The molecule has 36 heavy (non-hydrogen) atoms. The molecule has 2 aromatic rings. The third-order valence-corrected chi connectivity index (χ3v) is 5.69. The number of benzene rings is 2. The second-order valence-corrected chi connectivity index (χ2v) is 8.75. The van der Waals surface area contributed by atoms with Crippen molar-refractivity contribution in [1.82, 2.24) is 0 Å². The molecule has 0 saturated heterocycles. The summed E-state index contributed by atoms with van der Waals surface area (Å²) in [7, 11) is 0. The van der Waals surface area contributed by atoms with Gasteiger partial charge in [0.25, 0.3) is 6.10 Å². The molecule has 0 bridgehead atoms. The normalized spacial score (nSPS) is 19.2. The lowest BCUT2D eigenvalue weighted by atomic mass is 10.1. The fraction of sp³-hybridized carbons (Fsp3) is 0.360. The monoisotopic (exact) mass is 516 g/mol. The van der Waals surface area contributed by atoms with Crippen LogP contribution >= 0.6 is 0 Å². The number of esters is 2. The topological polar surface area (TPSA) is 61.8 Å². The number of rotatable bonds is 8. The molecule has 0 heterocycles. The Morgan fingerprint density at radius 3 is 2.17 bits per heavy atom. The summed E-state index contributed by atoms with van der Waals surface area (Å²) >= 11 is 0. The summed E-state index contributed by atoms with van der Waals surface area (Å²) in [6, 6.07) is 15.9. The predicted octanol–water partition coefficient (Wildman–Crippen LogP) is 6.39. The van der Waals surface area contributed by atoms with Crippen LogP contribution in [0.1, 0.15) is 19.4 Å². The first kappa shape index (κ1) is 27.1. The molecule has 2 unspecified atom stereocenters. The molecule has 0 radical (unpaired) electrons. The number of hydrogen-bond acceptors (Lipinski definition) is 5. The molecule has 2 atom stereocenters.